The van der Waals surface area contributed by atoms with Gasteiger partial charge in [-0.15, -0.1) is 0 Å². The highest BCUT2D eigenvalue weighted by molar-refractivity contribution is 5.90. The minimum atomic E-state index is -1.11. The molecule has 0 unspecified atom stereocenters. The molecule has 8 heavy (non-hydrogen) atoms. The first-order chi connectivity index (χ1) is 3.66. The van der Waals surface area contributed by atoms with Crippen molar-refractivity contribution in [2.45, 2.75) is 20.3 Å². The molecule has 0 bridgehead atoms. The van der Waals surface area contributed by atoms with Gasteiger partial charge in [0.1, 0.15) is 0 Å². The third kappa shape index (κ3) is 3.33. The van der Waals surface area contributed by atoms with Crippen LogP contribution in [0.5, 0.6) is 0 Å². The van der Waals surface area contributed by atoms with Crippen LogP contribution < -0.4 is 0 Å². The maximum Gasteiger partial charge on any atom is 0.431 e. The molecule has 3 nitrogen and oxygen atoms in total. The molecule has 46 valence electrons. The SMILES string of the molecule is CC/C(C)=N/C(=O)O. The number of carbonyl (C=O) groups is 1. The van der Waals surface area contributed by atoms with Crippen LogP contribution in [0.25, 0.3) is 0 Å². The van der Waals surface area contributed by atoms with Gasteiger partial charge in [0, 0.05) is 5.71 Å². The van der Waals surface area contributed by atoms with Crippen molar-refractivity contribution >= 4 is 11.8 Å². The normalized spacial score (nSPS) is 11.5. The van der Waals surface area contributed by atoms with Crippen molar-refractivity contribution in [2.24, 2.45) is 4.99 Å². The summed E-state index contributed by atoms with van der Waals surface area (Å²) >= 11 is 0. The Bertz CT molecular complexity index is 118. The van der Waals surface area contributed by atoms with Gasteiger partial charge in [-0.3, -0.25) is 0 Å². The summed E-state index contributed by atoms with van der Waals surface area (Å²) in [5.74, 6) is 0. The van der Waals surface area contributed by atoms with E-state index in [9.17, 15) is 4.79 Å². The number of carboxylic acid groups (broad SMARTS) is 1. The van der Waals surface area contributed by atoms with E-state index < -0.39 is 6.09 Å². The number of amides is 1. The second kappa shape index (κ2) is 3.18. The lowest BCUT2D eigenvalue weighted by molar-refractivity contribution is 0.205. The van der Waals surface area contributed by atoms with Crippen molar-refractivity contribution in [1.82, 2.24) is 0 Å². The summed E-state index contributed by atoms with van der Waals surface area (Å²) in [6.45, 7) is 3.55. The average molecular weight is 115 g/mol. The van der Waals surface area contributed by atoms with E-state index in [-0.39, 0.29) is 0 Å². The molecule has 0 saturated heterocycles. The molecular weight excluding hydrogens is 106 g/mol. The van der Waals surface area contributed by atoms with Gasteiger partial charge in [-0.2, -0.15) is 4.99 Å². The van der Waals surface area contributed by atoms with E-state index in [1.807, 2.05) is 6.92 Å². The smallest absolute Gasteiger partial charge is 0.431 e. The van der Waals surface area contributed by atoms with E-state index >= 15 is 0 Å². The fraction of sp³-hybridized carbons (Fsp3) is 0.600. The van der Waals surface area contributed by atoms with Gasteiger partial charge in [0.25, 0.3) is 0 Å². The number of aliphatic imine (C=N–C) groups is 1. The standard InChI is InChI=1S/C5H9NO2/c1-3-4(2)6-5(7)8/h3H2,1-2H3,(H,7,8)/b6-4+. The summed E-state index contributed by atoms with van der Waals surface area (Å²) in [6.07, 6.45) is -0.406. The van der Waals surface area contributed by atoms with Crippen molar-refractivity contribution in [1.29, 1.82) is 0 Å². The first kappa shape index (κ1) is 7.14. The van der Waals surface area contributed by atoms with Crippen LogP contribution >= 0.6 is 0 Å². The number of hydrogen-bond acceptors (Lipinski definition) is 1. The predicted molar refractivity (Wildman–Crippen MR) is 31.4 cm³/mol. The van der Waals surface area contributed by atoms with Gasteiger partial charge in [-0.1, -0.05) is 6.92 Å². The van der Waals surface area contributed by atoms with Crippen molar-refractivity contribution in [2.75, 3.05) is 0 Å². The Morgan fingerprint density at radius 1 is 1.75 bits per heavy atom. The zero-order valence-corrected chi connectivity index (χ0v) is 5.01. The van der Waals surface area contributed by atoms with Crippen molar-refractivity contribution in [3.63, 3.8) is 0 Å². The van der Waals surface area contributed by atoms with Crippen molar-refractivity contribution < 1.29 is 9.90 Å². The van der Waals surface area contributed by atoms with Gasteiger partial charge in [0.15, 0.2) is 0 Å². The Morgan fingerprint density at radius 2 is 2.25 bits per heavy atom. The molecule has 0 atom stereocenters. The Labute approximate surface area is 48.1 Å². The lowest BCUT2D eigenvalue weighted by Crippen LogP contribution is -1.93. The van der Waals surface area contributed by atoms with Gasteiger partial charge >= 0.3 is 6.09 Å². The summed E-state index contributed by atoms with van der Waals surface area (Å²) in [7, 11) is 0. The highest BCUT2D eigenvalue weighted by Gasteiger charge is 1.89. The highest BCUT2D eigenvalue weighted by Crippen LogP contribution is 1.83. The van der Waals surface area contributed by atoms with Gasteiger partial charge in [0.05, 0.1) is 0 Å². The van der Waals surface area contributed by atoms with Crippen LogP contribution in [0.4, 0.5) is 4.79 Å². The van der Waals surface area contributed by atoms with Gasteiger partial charge in [0.2, 0.25) is 0 Å². The quantitative estimate of drug-likeness (QED) is 0.527. The Kier molecular flexibility index (Phi) is 2.84. The van der Waals surface area contributed by atoms with Crippen LogP contribution in [0, 0.1) is 0 Å². The molecule has 0 aromatic heterocycles. The van der Waals surface area contributed by atoms with Crippen LogP contribution in [-0.2, 0) is 0 Å². The largest absolute Gasteiger partial charge is 0.463 e. The summed E-state index contributed by atoms with van der Waals surface area (Å²) in [4.78, 5) is 13.0. The molecule has 0 aliphatic rings. The molecule has 1 N–H and O–H groups in total. The third-order valence-corrected chi connectivity index (χ3v) is 0.798. The molecule has 0 aliphatic carbocycles. The molecule has 1 amide bonds. The fourth-order valence-corrected chi connectivity index (χ4v) is 0.242. The first-order valence-electron chi connectivity index (χ1n) is 2.44. The maximum atomic E-state index is 9.78. The van der Waals surface area contributed by atoms with Crippen LogP contribution in [0.1, 0.15) is 20.3 Å². The molecule has 3 heteroatoms. The highest BCUT2D eigenvalue weighted by atomic mass is 16.4. The molecule has 0 aromatic carbocycles. The van der Waals surface area contributed by atoms with E-state index in [1.54, 1.807) is 6.92 Å². The van der Waals surface area contributed by atoms with Crippen molar-refractivity contribution in [3.8, 4) is 0 Å². The number of nitrogens with zero attached hydrogens (tertiary/aromatic N) is 1. The zero-order valence-electron chi connectivity index (χ0n) is 5.01. The van der Waals surface area contributed by atoms with E-state index in [0.29, 0.717) is 12.1 Å². The molecule has 0 spiro atoms. The third-order valence-electron chi connectivity index (χ3n) is 0.798. The Hall–Kier alpha value is -0.860. The molecule has 0 fully saturated rings. The number of hydrogen-bond donors (Lipinski definition) is 1. The lowest BCUT2D eigenvalue weighted by Gasteiger charge is -1.86. The van der Waals surface area contributed by atoms with E-state index in [1.165, 1.54) is 0 Å². The minimum Gasteiger partial charge on any atom is -0.463 e. The molecule has 0 aromatic rings. The Balaban J connectivity index is 3.75. The molecule has 0 heterocycles. The monoisotopic (exact) mass is 115 g/mol. The molecular formula is C5H9NO2. The predicted octanol–water partition coefficient (Wildman–Crippen LogP) is 1.54. The van der Waals surface area contributed by atoms with E-state index in [4.69, 9.17) is 5.11 Å². The summed E-state index contributed by atoms with van der Waals surface area (Å²) < 4.78 is 0. The molecule has 0 aliphatic heterocycles. The summed E-state index contributed by atoms with van der Waals surface area (Å²) in [5.41, 5.74) is 0.650. The minimum absolute atomic E-state index is 0.650. The van der Waals surface area contributed by atoms with Gasteiger partial charge < -0.3 is 5.11 Å². The molecule has 0 radical (unpaired) electrons. The topological polar surface area (TPSA) is 49.7 Å². The second-order valence-electron chi connectivity index (χ2n) is 1.48. The maximum absolute atomic E-state index is 9.78. The van der Waals surface area contributed by atoms with Crippen LogP contribution in [0.2, 0.25) is 0 Å². The summed E-state index contributed by atoms with van der Waals surface area (Å²) in [5, 5.41) is 8.03. The van der Waals surface area contributed by atoms with E-state index in [2.05, 4.69) is 4.99 Å². The van der Waals surface area contributed by atoms with Gasteiger partial charge in [-0.05, 0) is 13.3 Å². The number of rotatable bonds is 1. The Morgan fingerprint density at radius 3 is 2.38 bits per heavy atom. The van der Waals surface area contributed by atoms with Gasteiger partial charge in [-0.25, -0.2) is 4.79 Å². The molecule has 0 saturated carbocycles. The van der Waals surface area contributed by atoms with Crippen LogP contribution in [-0.4, -0.2) is 16.9 Å². The zero-order chi connectivity index (χ0) is 6.57. The summed E-state index contributed by atoms with van der Waals surface area (Å²) in [6, 6.07) is 0. The van der Waals surface area contributed by atoms with Crippen LogP contribution in [0.15, 0.2) is 4.99 Å². The fourth-order valence-electron chi connectivity index (χ4n) is 0.242. The first-order valence-corrected chi connectivity index (χ1v) is 2.44. The second-order valence-corrected chi connectivity index (χ2v) is 1.48. The van der Waals surface area contributed by atoms with Crippen LogP contribution in [0.3, 0.4) is 0 Å². The average Bonchev–Trinajstić information content (AvgIpc) is 1.65. The van der Waals surface area contributed by atoms with Crippen molar-refractivity contribution in [3.05, 3.63) is 0 Å². The van der Waals surface area contributed by atoms with E-state index in [0.717, 1.165) is 0 Å². The lowest BCUT2D eigenvalue weighted by atomic mass is 10.3. The molecule has 0 rings (SSSR count).